The quantitative estimate of drug-likeness (QED) is 0.576. The van der Waals surface area contributed by atoms with Gasteiger partial charge < -0.3 is 19.6 Å². The van der Waals surface area contributed by atoms with Crippen LogP contribution >= 0.6 is 0 Å². The third-order valence-corrected chi connectivity index (χ3v) is 4.14. The minimum atomic E-state index is -0.298. The first-order valence-corrected chi connectivity index (χ1v) is 8.19. The smallest absolute Gasteiger partial charge is 0.273 e. The number of amides is 1. The molecule has 26 heavy (non-hydrogen) atoms. The van der Waals surface area contributed by atoms with Crippen molar-refractivity contribution in [2.75, 3.05) is 7.11 Å². The largest absolute Gasteiger partial charge is 0.496 e. The van der Waals surface area contributed by atoms with E-state index in [1.165, 1.54) is 0 Å². The first-order chi connectivity index (χ1) is 12.7. The van der Waals surface area contributed by atoms with Crippen LogP contribution in [0.4, 0.5) is 0 Å². The number of para-hydroxylation sites is 2. The summed E-state index contributed by atoms with van der Waals surface area (Å²) in [4.78, 5) is 15.6. The van der Waals surface area contributed by atoms with Gasteiger partial charge in [0.25, 0.3) is 5.91 Å². The number of aromatic nitrogens is 2. The van der Waals surface area contributed by atoms with E-state index in [1.807, 2.05) is 54.6 Å². The molecule has 2 N–H and O–H groups in total. The van der Waals surface area contributed by atoms with Crippen LogP contribution in [-0.2, 0) is 6.54 Å². The second kappa shape index (κ2) is 6.76. The van der Waals surface area contributed by atoms with Crippen molar-refractivity contribution in [1.29, 1.82) is 0 Å². The lowest BCUT2D eigenvalue weighted by Gasteiger charge is -2.03. The molecule has 0 unspecified atom stereocenters. The number of fused-ring (bicyclic) bond motifs is 1. The molecule has 1 amide bonds. The molecular weight excluding hydrogens is 330 g/mol. The second-order valence-electron chi connectivity index (χ2n) is 5.84. The molecular formula is C20H17N3O3. The average molecular weight is 347 g/mol. The van der Waals surface area contributed by atoms with Crippen LogP contribution in [0, 0.1) is 0 Å². The van der Waals surface area contributed by atoms with Crippen molar-refractivity contribution in [1.82, 2.24) is 15.5 Å². The van der Waals surface area contributed by atoms with Crippen molar-refractivity contribution in [2.24, 2.45) is 0 Å². The molecule has 0 aliphatic rings. The van der Waals surface area contributed by atoms with Crippen molar-refractivity contribution in [3.8, 4) is 17.1 Å². The number of ether oxygens (including phenoxy) is 1. The van der Waals surface area contributed by atoms with Crippen molar-refractivity contribution in [3.63, 3.8) is 0 Å². The van der Waals surface area contributed by atoms with Gasteiger partial charge in [-0.25, -0.2) is 0 Å². The molecule has 6 heteroatoms. The number of aromatic amines is 1. The van der Waals surface area contributed by atoms with Gasteiger partial charge in [0.2, 0.25) is 0 Å². The lowest BCUT2D eigenvalue weighted by Crippen LogP contribution is -2.23. The lowest BCUT2D eigenvalue weighted by atomic mass is 10.1. The summed E-state index contributed by atoms with van der Waals surface area (Å²) < 4.78 is 10.6. The van der Waals surface area contributed by atoms with Gasteiger partial charge in [0.1, 0.15) is 5.75 Å². The fraction of sp³-hybridized carbons (Fsp3) is 0.100. The van der Waals surface area contributed by atoms with E-state index in [1.54, 1.807) is 13.2 Å². The number of nitrogens with one attached hydrogen (secondary N) is 2. The van der Waals surface area contributed by atoms with E-state index >= 15 is 0 Å². The summed E-state index contributed by atoms with van der Waals surface area (Å²) in [5, 5.41) is 7.82. The van der Waals surface area contributed by atoms with Crippen LogP contribution in [-0.4, -0.2) is 23.2 Å². The summed E-state index contributed by atoms with van der Waals surface area (Å²) in [6.07, 6.45) is 0. The summed E-state index contributed by atoms with van der Waals surface area (Å²) >= 11 is 0. The zero-order valence-corrected chi connectivity index (χ0v) is 14.2. The van der Waals surface area contributed by atoms with Gasteiger partial charge in [-0.2, -0.15) is 0 Å². The van der Waals surface area contributed by atoms with E-state index in [0.717, 1.165) is 22.2 Å². The van der Waals surface area contributed by atoms with E-state index in [0.29, 0.717) is 18.1 Å². The minimum Gasteiger partial charge on any atom is -0.496 e. The van der Waals surface area contributed by atoms with Gasteiger partial charge in [0, 0.05) is 17.3 Å². The number of carbonyl (C=O) groups excluding carboxylic acids is 1. The second-order valence-corrected chi connectivity index (χ2v) is 5.84. The minimum absolute atomic E-state index is 0.224. The molecule has 2 heterocycles. The SMILES string of the molecule is COc1ccccc1-c1cc(C(=O)NCc2cc3ccccc3[nH]2)no1. The predicted octanol–water partition coefficient (Wildman–Crippen LogP) is 3.76. The number of H-pyrrole nitrogens is 1. The summed E-state index contributed by atoms with van der Waals surface area (Å²) in [6.45, 7) is 0.379. The van der Waals surface area contributed by atoms with Gasteiger partial charge in [-0.15, -0.1) is 0 Å². The van der Waals surface area contributed by atoms with Crippen molar-refractivity contribution >= 4 is 16.8 Å². The Morgan fingerprint density at radius 3 is 2.81 bits per heavy atom. The fourth-order valence-electron chi connectivity index (χ4n) is 2.85. The molecule has 2 aromatic carbocycles. The molecule has 0 aliphatic heterocycles. The van der Waals surface area contributed by atoms with Gasteiger partial charge in [-0.3, -0.25) is 4.79 Å². The van der Waals surface area contributed by atoms with Crippen molar-refractivity contribution in [3.05, 3.63) is 72.1 Å². The first kappa shape index (κ1) is 16.0. The predicted molar refractivity (Wildman–Crippen MR) is 98.0 cm³/mol. The Bertz CT molecular complexity index is 1030. The Hall–Kier alpha value is -3.54. The molecule has 4 rings (SSSR count). The number of benzene rings is 2. The van der Waals surface area contributed by atoms with Crippen LogP contribution in [0.2, 0.25) is 0 Å². The summed E-state index contributed by atoms with van der Waals surface area (Å²) in [7, 11) is 1.59. The fourth-order valence-corrected chi connectivity index (χ4v) is 2.85. The first-order valence-electron chi connectivity index (χ1n) is 8.19. The van der Waals surface area contributed by atoms with Crippen LogP contribution in [0.1, 0.15) is 16.2 Å². The van der Waals surface area contributed by atoms with Crippen LogP contribution in [0.25, 0.3) is 22.2 Å². The molecule has 0 saturated carbocycles. The molecule has 0 radical (unpaired) electrons. The Labute approximate surface area is 149 Å². The number of hydrogen-bond acceptors (Lipinski definition) is 4. The van der Waals surface area contributed by atoms with E-state index in [4.69, 9.17) is 9.26 Å². The van der Waals surface area contributed by atoms with Crippen LogP contribution in [0.5, 0.6) is 5.75 Å². The molecule has 2 aromatic heterocycles. The van der Waals surface area contributed by atoms with Gasteiger partial charge in [-0.1, -0.05) is 35.5 Å². The topological polar surface area (TPSA) is 80.1 Å². The highest BCUT2D eigenvalue weighted by molar-refractivity contribution is 5.93. The summed E-state index contributed by atoms with van der Waals surface area (Å²) in [5.74, 6) is 0.848. The van der Waals surface area contributed by atoms with Gasteiger partial charge in [0.05, 0.1) is 19.2 Å². The Morgan fingerprint density at radius 2 is 1.96 bits per heavy atom. The molecule has 130 valence electrons. The Morgan fingerprint density at radius 1 is 1.15 bits per heavy atom. The molecule has 0 atom stereocenters. The van der Waals surface area contributed by atoms with Gasteiger partial charge >= 0.3 is 0 Å². The highest BCUT2D eigenvalue weighted by atomic mass is 16.5. The van der Waals surface area contributed by atoms with Gasteiger partial charge in [0.15, 0.2) is 11.5 Å². The zero-order valence-electron chi connectivity index (χ0n) is 14.2. The van der Waals surface area contributed by atoms with E-state index in [-0.39, 0.29) is 11.6 Å². The molecule has 4 aromatic rings. The van der Waals surface area contributed by atoms with Crippen LogP contribution in [0.3, 0.4) is 0 Å². The van der Waals surface area contributed by atoms with Crippen LogP contribution < -0.4 is 10.1 Å². The van der Waals surface area contributed by atoms with E-state index in [2.05, 4.69) is 15.5 Å². The third kappa shape index (κ3) is 3.04. The van der Waals surface area contributed by atoms with Crippen molar-refractivity contribution < 1.29 is 14.1 Å². The monoisotopic (exact) mass is 347 g/mol. The van der Waals surface area contributed by atoms with E-state index < -0.39 is 0 Å². The summed E-state index contributed by atoms with van der Waals surface area (Å²) in [6, 6.07) is 19.0. The highest BCUT2D eigenvalue weighted by Crippen LogP contribution is 2.29. The van der Waals surface area contributed by atoms with Crippen molar-refractivity contribution in [2.45, 2.75) is 6.54 Å². The third-order valence-electron chi connectivity index (χ3n) is 4.14. The molecule has 6 nitrogen and oxygen atoms in total. The van der Waals surface area contributed by atoms with Crippen LogP contribution in [0.15, 0.2) is 65.2 Å². The van der Waals surface area contributed by atoms with Gasteiger partial charge in [-0.05, 0) is 29.7 Å². The normalized spacial score (nSPS) is 10.8. The lowest BCUT2D eigenvalue weighted by molar-refractivity contribution is 0.0941. The average Bonchev–Trinajstić information content (AvgIpc) is 3.33. The highest BCUT2D eigenvalue weighted by Gasteiger charge is 2.16. The molecule has 0 aliphatic carbocycles. The molecule has 0 fully saturated rings. The Balaban J connectivity index is 1.48. The number of carbonyl (C=O) groups is 1. The molecule has 0 bridgehead atoms. The van der Waals surface area contributed by atoms with E-state index in [9.17, 15) is 4.79 Å². The molecule has 0 spiro atoms. The zero-order chi connectivity index (χ0) is 17.9. The number of rotatable bonds is 5. The Kier molecular flexibility index (Phi) is 4.15. The maximum absolute atomic E-state index is 12.4. The molecule has 0 saturated heterocycles. The number of hydrogen-bond donors (Lipinski definition) is 2. The number of nitrogens with zero attached hydrogens (tertiary/aromatic N) is 1. The standard InChI is InChI=1S/C20H17N3O3/c1-25-18-9-5-3-7-15(18)19-11-17(23-26-19)20(24)21-12-14-10-13-6-2-4-8-16(13)22-14/h2-11,22H,12H2,1H3,(H,21,24). The number of methoxy groups -OCH3 is 1. The summed E-state index contributed by atoms with van der Waals surface area (Å²) in [5.41, 5.74) is 2.93. The maximum atomic E-state index is 12.4. The maximum Gasteiger partial charge on any atom is 0.273 e.